The first-order valence-electron chi connectivity index (χ1n) is 6.80. The predicted molar refractivity (Wildman–Crippen MR) is 85.8 cm³/mol. The molecule has 0 saturated heterocycles. The number of fused-ring (bicyclic) bond motifs is 1. The second-order valence-electron chi connectivity index (χ2n) is 5.18. The summed E-state index contributed by atoms with van der Waals surface area (Å²) in [6.07, 6.45) is 0. The maximum Gasteiger partial charge on any atom is 0.0255 e. The van der Waals surface area contributed by atoms with Crippen LogP contribution in [0.25, 0.3) is 10.8 Å². The average molecular weight is 256 g/mol. The van der Waals surface area contributed by atoms with E-state index < -0.39 is 0 Å². The molecule has 3 aromatic carbocycles. The molecule has 0 aromatic heterocycles. The van der Waals surface area contributed by atoms with Crippen LogP contribution in [0.4, 0.5) is 0 Å². The molecule has 0 nitrogen and oxygen atoms in total. The number of aryl methyl sites for hydroxylation is 2. The molecule has 3 rings (SSSR count). The zero-order chi connectivity index (χ0) is 13.9. The molecule has 0 radical (unpaired) electrons. The van der Waals surface area contributed by atoms with Crippen molar-refractivity contribution in [2.75, 3.05) is 0 Å². The summed E-state index contributed by atoms with van der Waals surface area (Å²) in [4.78, 5) is 0. The van der Waals surface area contributed by atoms with Gasteiger partial charge in [-0.05, 0) is 48.9 Å². The number of benzene rings is 3. The molecule has 0 heterocycles. The zero-order valence-electron chi connectivity index (χ0n) is 11.8. The van der Waals surface area contributed by atoms with E-state index in [1.807, 2.05) is 0 Å². The third-order valence-corrected chi connectivity index (χ3v) is 3.40. The van der Waals surface area contributed by atoms with Crippen molar-refractivity contribution in [1.82, 2.24) is 0 Å². The molecule has 96 valence electrons. The molecular weight excluding hydrogens is 240 g/mol. The highest BCUT2D eigenvalue weighted by molar-refractivity contribution is 5.84. The van der Waals surface area contributed by atoms with Crippen molar-refractivity contribution in [3.63, 3.8) is 0 Å². The van der Waals surface area contributed by atoms with Crippen LogP contribution in [-0.4, -0.2) is 0 Å². The third-order valence-electron chi connectivity index (χ3n) is 3.40. The van der Waals surface area contributed by atoms with Gasteiger partial charge in [0.25, 0.3) is 0 Å². The Bertz CT molecular complexity index is 812. The maximum absolute atomic E-state index is 3.24. The van der Waals surface area contributed by atoms with Crippen molar-refractivity contribution in [3.05, 3.63) is 82.9 Å². The van der Waals surface area contributed by atoms with E-state index in [0.29, 0.717) is 0 Å². The molecule has 0 N–H and O–H groups in total. The Labute approximate surface area is 120 Å². The molecule has 0 unspecified atom stereocenters. The van der Waals surface area contributed by atoms with Crippen LogP contribution in [-0.2, 0) is 0 Å². The minimum atomic E-state index is 1.06. The first-order valence-corrected chi connectivity index (χ1v) is 6.80. The lowest BCUT2D eigenvalue weighted by Crippen LogP contribution is -1.80. The first-order chi connectivity index (χ1) is 9.70. The molecule has 0 fully saturated rings. The van der Waals surface area contributed by atoms with Crippen molar-refractivity contribution in [3.8, 4) is 11.8 Å². The molecule has 0 atom stereocenters. The lowest BCUT2D eigenvalue weighted by atomic mass is 10.0. The fourth-order valence-corrected chi connectivity index (χ4v) is 2.22. The van der Waals surface area contributed by atoms with E-state index in [1.165, 1.54) is 21.9 Å². The summed E-state index contributed by atoms with van der Waals surface area (Å²) in [5.74, 6) is 6.45. The summed E-state index contributed by atoms with van der Waals surface area (Å²) in [7, 11) is 0. The summed E-state index contributed by atoms with van der Waals surface area (Å²) >= 11 is 0. The second-order valence-corrected chi connectivity index (χ2v) is 5.18. The molecule has 0 amide bonds. The van der Waals surface area contributed by atoms with Crippen LogP contribution in [0.15, 0.2) is 60.7 Å². The van der Waals surface area contributed by atoms with Crippen molar-refractivity contribution in [2.24, 2.45) is 0 Å². The van der Waals surface area contributed by atoms with Crippen molar-refractivity contribution in [2.45, 2.75) is 13.8 Å². The summed E-state index contributed by atoms with van der Waals surface area (Å²) in [6.45, 7) is 4.20. The Morgan fingerprint density at radius 2 is 1.10 bits per heavy atom. The molecule has 3 aromatic rings. The summed E-state index contributed by atoms with van der Waals surface area (Å²) in [5, 5.41) is 2.51. The van der Waals surface area contributed by atoms with Gasteiger partial charge in [-0.2, -0.15) is 0 Å². The van der Waals surface area contributed by atoms with Crippen LogP contribution >= 0.6 is 0 Å². The van der Waals surface area contributed by atoms with Gasteiger partial charge in [-0.25, -0.2) is 0 Å². The van der Waals surface area contributed by atoms with Gasteiger partial charge in [0, 0.05) is 11.1 Å². The van der Waals surface area contributed by atoms with E-state index >= 15 is 0 Å². The molecule has 0 aliphatic heterocycles. The molecule has 0 saturated carbocycles. The van der Waals surface area contributed by atoms with Crippen LogP contribution in [0.3, 0.4) is 0 Å². The Balaban J connectivity index is 1.95. The number of hydrogen-bond donors (Lipinski definition) is 0. The first kappa shape index (κ1) is 12.5. The summed E-state index contributed by atoms with van der Waals surface area (Å²) in [5.41, 5.74) is 4.66. The van der Waals surface area contributed by atoms with E-state index in [2.05, 4.69) is 86.4 Å². The van der Waals surface area contributed by atoms with Crippen LogP contribution in [0.1, 0.15) is 22.3 Å². The molecule has 20 heavy (non-hydrogen) atoms. The van der Waals surface area contributed by atoms with Gasteiger partial charge in [0.15, 0.2) is 0 Å². The number of hydrogen-bond acceptors (Lipinski definition) is 0. The fraction of sp³-hybridized carbons (Fsp3) is 0.100. The van der Waals surface area contributed by atoms with Gasteiger partial charge in [0.1, 0.15) is 0 Å². The summed E-state index contributed by atoms with van der Waals surface area (Å²) in [6, 6.07) is 21.2. The second kappa shape index (κ2) is 5.23. The van der Waals surface area contributed by atoms with Crippen LogP contribution in [0.5, 0.6) is 0 Å². The van der Waals surface area contributed by atoms with Gasteiger partial charge < -0.3 is 0 Å². The van der Waals surface area contributed by atoms with Crippen molar-refractivity contribution in [1.29, 1.82) is 0 Å². The van der Waals surface area contributed by atoms with Crippen molar-refractivity contribution >= 4 is 10.8 Å². The molecular formula is C20H16. The lowest BCUT2D eigenvalue weighted by Gasteiger charge is -2.00. The predicted octanol–water partition coefficient (Wildman–Crippen LogP) is 4.86. The Morgan fingerprint density at radius 1 is 0.550 bits per heavy atom. The lowest BCUT2D eigenvalue weighted by molar-refractivity contribution is 1.46. The van der Waals surface area contributed by atoms with E-state index in [4.69, 9.17) is 0 Å². The van der Waals surface area contributed by atoms with E-state index in [9.17, 15) is 0 Å². The van der Waals surface area contributed by atoms with Gasteiger partial charge in [0.05, 0.1) is 0 Å². The molecule has 0 aliphatic rings. The van der Waals surface area contributed by atoms with Gasteiger partial charge in [-0.3, -0.25) is 0 Å². The van der Waals surface area contributed by atoms with Gasteiger partial charge in [-0.1, -0.05) is 59.4 Å². The monoisotopic (exact) mass is 256 g/mol. The molecule has 0 bridgehead atoms. The fourth-order valence-electron chi connectivity index (χ4n) is 2.22. The van der Waals surface area contributed by atoms with Gasteiger partial charge in [-0.15, -0.1) is 0 Å². The number of rotatable bonds is 0. The quantitative estimate of drug-likeness (QED) is 0.504. The minimum Gasteiger partial charge on any atom is -0.0617 e. The van der Waals surface area contributed by atoms with Gasteiger partial charge >= 0.3 is 0 Å². The highest BCUT2D eigenvalue weighted by atomic mass is 14.0. The molecule has 0 aliphatic carbocycles. The summed E-state index contributed by atoms with van der Waals surface area (Å²) < 4.78 is 0. The largest absolute Gasteiger partial charge is 0.0617 e. The molecule has 0 heteroatoms. The topological polar surface area (TPSA) is 0 Å². The van der Waals surface area contributed by atoms with Crippen molar-refractivity contribution < 1.29 is 0 Å². The maximum atomic E-state index is 3.24. The van der Waals surface area contributed by atoms with Crippen LogP contribution in [0.2, 0.25) is 0 Å². The molecule has 0 spiro atoms. The minimum absolute atomic E-state index is 1.06. The van der Waals surface area contributed by atoms with E-state index in [-0.39, 0.29) is 0 Å². The third kappa shape index (κ3) is 2.73. The van der Waals surface area contributed by atoms with Crippen LogP contribution in [0, 0.1) is 25.7 Å². The standard InChI is InChI=1S/C20H16/c1-15-3-6-17(7-4-15)8-9-18-10-12-19-13-16(2)5-11-20(19)14-18/h3-7,10-14H,1-2H3. The smallest absolute Gasteiger partial charge is 0.0255 e. The van der Waals surface area contributed by atoms with E-state index in [0.717, 1.165) is 11.1 Å². The average Bonchev–Trinajstić information content (AvgIpc) is 2.46. The van der Waals surface area contributed by atoms with Crippen LogP contribution < -0.4 is 0 Å². The zero-order valence-corrected chi connectivity index (χ0v) is 11.8. The highest BCUT2D eigenvalue weighted by Crippen LogP contribution is 2.17. The highest BCUT2D eigenvalue weighted by Gasteiger charge is 1.95. The Kier molecular flexibility index (Phi) is 3.27. The normalized spacial score (nSPS) is 10.1. The Hall–Kier alpha value is -2.52. The SMILES string of the molecule is Cc1ccc(C#Cc2ccc3cc(C)ccc3c2)cc1. The Morgan fingerprint density at radius 3 is 1.90 bits per heavy atom. The van der Waals surface area contributed by atoms with E-state index in [1.54, 1.807) is 0 Å². The van der Waals surface area contributed by atoms with Gasteiger partial charge in [0.2, 0.25) is 0 Å².